The van der Waals surface area contributed by atoms with E-state index in [1.807, 2.05) is 13.8 Å². The van der Waals surface area contributed by atoms with Gasteiger partial charge in [0.2, 0.25) is 0 Å². The average molecular weight is 227 g/mol. The summed E-state index contributed by atoms with van der Waals surface area (Å²) in [6.07, 6.45) is 1.37. The van der Waals surface area contributed by atoms with Crippen LogP contribution in [-0.2, 0) is 6.42 Å². The van der Waals surface area contributed by atoms with Crippen LogP contribution in [0.4, 0.5) is 8.78 Å². The highest BCUT2D eigenvalue weighted by Gasteiger charge is 2.26. The van der Waals surface area contributed by atoms with Crippen molar-refractivity contribution < 1.29 is 8.78 Å². The second kappa shape index (κ2) is 4.91. The van der Waals surface area contributed by atoms with Gasteiger partial charge < -0.3 is 5.73 Å². The van der Waals surface area contributed by atoms with Crippen molar-refractivity contribution in [2.75, 3.05) is 0 Å². The molecule has 2 N–H and O–H groups in total. The molecule has 0 aromatic heterocycles. The maximum absolute atomic E-state index is 13.5. The zero-order valence-electron chi connectivity index (χ0n) is 10.1. The van der Waals surface area contributed by atoms with Gasteiger partial charge >= 0.3 is 0 Å². The summed E-state index contributed by atoms with van der Waals surface area (Å²) in [4.78, 5) is 0. The van der Waals surface area contributed by atoms with Crippen LogP contribution < -0.4 is 5.73 Å². The fourth-order valence-electron chi connectivity index (χ4n) is 1.72. The number of hydrogen-bond donors (Lipinski definition) is 1. The molecule has 2 unspecified atom stereocenters. The first-order valence-corrected chi connectivity index (χ1v) is 5.59. The Bertz CT molecular complexity index is 361. The van der Waals surface area contributed by atoms with Crippen molar-refractivity contribution in [3.63, 3.8) is 0 Å². The van der Waals surface area contributed by atoms with Gasteiger partial charge in [-0.3, -0.25) is 0 Å². The van der Waals surface area contributed by atoms with E-state index in [1.165, 1.54) is 12.1 Å². The molecule has 0 saturated carbocycles. The van der Waals surface area contributed by atoms with Crippen molar-refractivity contribution in [2.45, 2.75) is 39.2 Å². The minimum absolute atomic E-state index is 0.289. The normalized spacial score (nSPS) is 16.9. The van der Waals surface area contributed by atoms with Crippen molar-refractivity contribution >= 4 is 0 Å². The highest BCUT2D eigenvalue weighted by atomic mass is 19.1. The molecule has 0 saturated heterocycles. The Balaban J connectivity index is 2.87. The Labute approximate surface area is 95.7 Å². The first-order valence-electron chi connectivity index (χ1n) is 5.59. The fourth-order valence-corrected chi connectivity index (χ4v) is 1.72. The molecule has 0 heterocycles. The zero-order valence-corrected chi connectivity index (χ0v) is 10.1. The van der Waals surface area contributed by atoms with E-state index in [0.29, 0.717) is 12.0 Å². The standard InChI is InChI=1S/C13H19F2N/c1-4-9(2)13(3,16)8-10-5-6-11(14)7-12(10)15/h5-7,9H,4,8,16H2,1-3H3. The van der Waals surface area contributed by atoms with E-state index in [4.69, 9.17) is 5.73 Å². The SMILES string of the molecule is CCC(C)C(C)(N)Cc1ccc(F)cc1F. The van der Waals surface area contributed by atoms with Gasteiger partial charge in [-0.25, -0.2) is 8.78 Å². The second-order valence-corrected chi connectivity index (χ2v) is 4.73. The van der Waals surface area contributed by atoms with Gasteiger partial charge in [-0.05, 0) is 30.9 Å². The van der Waals surface area contributed by atoms with Gasteiger partial charge in [0.05, 0.1) is 0 Å². The summed E-state index contributed by atoms with van der Waals surface area (Å²) >= 11 is 0. The molecule has 1 aromatic rings. The number of hydrogen-bond acceptors (Lipinski definition) is 1. The second-order valence-electron chi connectivity index (χ2n) is 4.73. The number of halogens is 2. The molecule has 3 heteroatoms. The molecule has 0 fully saturated rings. The molecule has 0 aliphatic heterocycles. The third-order valence-corrected chi connectivity index (χ3v) is 3.32. The largest absolute Gasteiger partial charge is 0.325 e. The molecule has 0 bridgehead atoms. The average Bonchev–Trinajstić information content (AvgIpc) is 2.21. The van der Waals surface area contributed by atoms with E-state index in [2.05, 4.69) is 6.92 Å². The van der Waals surface area contributed by atoms with Gasteiger partial charge in [-0.2, -0.15) is 0 Å². The number of benzene rings is 1. The molecule has 2 atom stereocenters. The van der Waals surface area contributed by atoms with E-state index in [9.17, 15) is 8.78 Å². The van der Waals surface area contributed by atoms with E-state index in [0.717, 1.165) is 12.5 Å². The lowest BCUT2D eigenvalue weighted by Crippen LogP contribution is -2.45. The summed E-state index contributed by atoms with van der Waals surface area (Å²) in [5.41, 5.74) is 6.16. The van der Waals surface area contributed by atoms with Gasteiger partial charge in [0.25, 0.3) is 0 Å². The van der Waals surface area contributed by atoms with Crippen LogP contribution in [-0.4, -0.2) is 5.54 Å². The Morgan fingerprint density at radius 1 is 1.38 bits per heavy atom. The molecule has 90 valence electrons. The van der Waals surface area contributed by atoms with Crippen molar-refractivity contribution in [1.29, 1.82) is 0 Å². The van der Waals surface area contributed by atoms with Gasteiger partial charge in [0, 0.05) is 11.6 Å². The molecule has 0 spiro atoms. The molecule has 1 nitrogen and oxygen atoms in total. The Hall–Kier alpha value is -0.960. The smallest absolute Gasteiger partial charge is 0.129 e. The Kier molecular flexibility index (Phi) is 4.03. The van der Waals surface area contributed by atoms with Crippen LogP contribution in [0, 0.1) is 17.6 Å². The summed E-state index contributed by atoms with van der Waals surface area (Å²) in [6.45, 7) is 6.00. The van der Waals surface area contributed by atoms with Gasteiger partial charge in [-0.15, -0.1) is 0 Å². The van der Waals surface area contributed by atoms with Crippen molar-refractivity contribution in [3.05, 3.63) is 35.4 Å². The van der Waals surface area contributed by atoms with Gasteiger partial charge in [0.1, 0.15) is 11.6 Å². The third kappa shape index (κ3) is 3.01. The summed E-state index contributed by atoms with van der Waals surface area (Å²) < 4.78 is 26.2. The van der Waals surface area contributed by atoms with Gasteiger partial charge in [0.15, 0.2) is 0 Å². The van der Waals surface area contributed by atoms with E-state index in [-0.39, 0.29) is 5.92 Å². The van der Waals surface area contributed by atoms with Crippen LogP contribution in [0.5, 0.6) is 0 Å². The third-order valence-electron chi connectivity index (χ3n) is 3.32. The minimum Gasteiger partial charge on any atom is -0.325 e. The van der Waals surface area contributed by atoms with Crippen LogP contribution >= 0.6 is 0 Å². The van der Waals surface area contributed by atoms with Crippen molar-refractivity contribution in [2.24, 2.45) is 11.7 Å². The fraction of sp³-hybridized carbons (Fsp3) is 0.538. The molecule has 0 aliphatic rings. The lowest BCUT2D eigenvalue weighted by Gasteiger charge is -2.31. The topological polar surface area (TPSA) is 26.0 Å². The lowest BCUT2D eigenvalue weighted by atomic mass is 9.81. The maximum Gasteiger partial charge on any atom is 0.129 e. The van der Waals surface area contributed by atoms with Crippen LogP contribution in [0.15, 0.2) is 18.2 Å². The van der Waals surface area contributed by atoms with Crippen LogP contribution in [0.2, 0.25) is 0 Å². The molecule has 0 amide bonds. The summed E-state index contributed by atoms with van der Waals surface area (Å²) in [5, 5.41) is 0. The minimum atomic E-state index is -0.552. The highest BCUT2D eigenvalue weighted by molar-refractivity contribution is 5.21. The monoisotopic (exact) mass is 227 g/mol. The Morgan fingerprint density at radius 2 is 2.00 bits per heavy atom. The number of nitrogens with two attached hydrogens (primary N) is 1. The lowest BCUT2D eigenvalue weighted by molar-refractivity contribution is 0.303. The van der Waals surface area contributed by atoms with E-state index < -0.39 is 17.2 Å². The molecule has 1 aromatic carbocycles. The molecular formula is C13H19F2N. The summed E-state index contributed by atoms with van der Waals surface area (Å²) in [5.74, 6) is -0.777. The summed E-state index contributed by atoms with van der Waals surface area (Å²) in [7, 11) is 0. The molecule has 16 heavy (non-hydrogen) atoms. The van der Waals surface area contributed by atoms with Gasteiger partial charge in [-0.1, -0.05) is 26.3 Å². The maximum atomic E-state index is 13.5. The van der Waals surface area contributed by atoms with Crippen LogP contribution in [0.25, 0.3) is 0 Å². The summed E-state index contributed by atoms with van der Waals surface area (Å²) in [6, 6.07) is 3.64. The highest BCUT2D eigenvalue weighted by Crippen LogP contribution is 2.23. The van der Waals surface area contributed by atoms with Crippen LogP contribution in [0.1, 0.15) is 32.8 Å². The molecule has 0 aliphatic carbocycles. The molecule has 1 rings (SSSR count). The molecule has 0 radical (unpaired) electrons. The first-order chi connectivity index (χ1) is 7.36. The van der Waals surface area contributed by atoms with Crippen molar-refractivity contribution in [1.82, 2.24) is 0 Å². The predicted octanol–water partition coefficient (Wildman–Crippen LogP) is 3.27. The molecular weight excluding hydrogens is 208 g/mol. The number of rotatable bonds is 4. The predicted molar refractivity (Wildman–Crippen MR) is 62.1 cm³/mol. The van der Waals surface area contributed by atoms with Crippen LogP contribution in [0.3, 0.4) is 0 Å². The first kappa shape index (κ1) is 13.1. The zero-order chi connectivity index (χ0) is 12.3. The van der Waals surface area contributed by atoms with E-state index >= 15 is 0 Å². The quantitative estimate of drug-likeness (QED) is 0.839. The van der Waals surface area contributed by atoms with Crippen molar-refractivity contribution in [3.8, 4) is 0 Å². The van der Waals surface area contributed by atoms with E-state index in [1.54, 1.807) is 0 Å². The Morgan fingerprint density at radius 3 is 2.50 bits per heavy atom.